The van der Waals surface area contributed by atoms with E-state index in [2.05, 4.69) is 9.97 Å². The summed E-state index contributed by atoms with van der Waals surface area (Å²) in [6.07, 6.45) is 7.01. The Hall–Kier alpha value is -1.91. The Morgan fingerprint density at radius 3 is 2.85 bits per heavy atom. The monoisotopic (exact) mass is 276 g/mol. The van der Waals surface area contributed by atoms with Gasteiger partial charge in [0.2, 0.25) is 0 Å². The van der Waals surface area contributed by atoms with Crippen LogP contribution in [0.2, 0.25) is 0 Å². The van der Waals surface area contributed by atoms with E-state index in [9.17, 15) is 9.18 Å². The van der Waals surface area contributed by atoms with Crippen LogP contribution in [0.4, 0.5) is 4.39 Å². The number of aromatic carboxylic acids is 1. The molecule has 0 spiro atoms. The number of hydrogen-bond donors (Lipinski definition) is 2. The van der Waals surface area contributed by atoms with Gasteiger partial charge in [-0.25, -0.2) is 14.2 Å². The molecular weight excluding hydrogens is 259 g/mol. The molecular formula is C15H17FN2O2. The fourth-order valence-corrected chi connectivity index (χ4v) is 3.05. The molecule has 1 saturated carbocycles. The van der Waals surface area contributed by atoms with Gasteiger partial charge in [0.05, 0.1) is 11.1 Å². The van der Waals surface area contributed by atoms with Crippen molar-refractivity contribution in [3.63, 3.8) is 0 Å². The summed E-state index contributed by atoms with van der Waals surface area (Å²) in [6.45, 7) is 0. The average molecular weight is 276 g/mol. The van der Waals surface area contributed by atoms with E-state index < -0.39 is 11.8 Å². The van der Waals surface area contributed by atoms with Crippen LogP contribution in [-0.4, -0.2) is 21.0 Å². The van der Waals surface area contributed by atoms with Crippen molar-refractivity contribution in [1.29, 1.82) is 0 Å². The molecule has 0 unspecified atom stereocenters. The van der Waals surface area contributed by atoms with E-state index in [0.717, 1.165) is 30.7 Å². The molecule has 3 rings (SSSR count). The maximum Gasteiger partial charge on any atom is 0.338 e. The minimum atomic E-state index is -1.15. The summed E-state index contributed by atoms with van der Waals surface area (Å²) in [6, 6.07) is 2.32. The minimum absolute atomic E-state index is 0.0802. The summed E-state index contributed by atoms with van der Waals surface area (Å²) in [5, 5.41) is 9.10. The van der Waals surface area contributed by atoms with Crippen molar-refractivity contribution in [3.8, 4) is 0 Å². The van der Waals surface area contributed by atoms with E-state index in [1.165, 1.54) is 31.7 Å². The second-order valence-corrected chi connectivity index (χ2v) is 5.53. The number of nitrogens with one attached hydrogen (secondary N) is 1. The Balaban J connectivity index is 1.85. The van der Waals surface area contributed by atoms with Crippen LogP contribution in [0.15, 0.2) is 12.1 Å². The molecule has 1 heterocycles. The maximum atomic E-state index is 13.4. The molecule has 2 N–H and O–H groups in total. The summed E-state index contributed by atoms with van der Waals surface area (Å²) in [5.74, 6) is -0.205. The van der Waals surface area contributed by atoms with Crippen molar-refractivity contribution >= 4 is 17.0 Å². The van der Waals surface area contributed by atoms with Crippen LogP contribution in [0.5, 0.6) is 0 Å². The van der Waals surface area contributed by atoms with Gasteiger partial charge in [0.15, 0.2) is 0 Å². The van der Waals surface area contributed by atoms with E-state index in [4.69, 9.17) is 5.11 Å². The van der Waals surface area contributed by atoms with Gasteiger partial charge in [-0.2, -0.15) is 0 Å². The van der Waals surface area contributed by atoms with E-state index in [1.54, 1.807) is 0 Å². The van der Waals surface area contributed by atoms with Crippen molar-refractivity contribution in [3.05, 3.63) is 29.3 Å². The maximum absolute atomic E-state index is 13.4. The number of imidazole rings is 1. The molecule has 1 aliphatic rings. The first-order chi connectivity index (χ1) is 9.63. The number of carboxylic acid groups (broad SMARTS) is 1. The molecule has 0 saturated heterocycles. The number of rotatable bonds is 4. The lowest BCUT2D eigenvalue weighted by atomic mass is 10.0. The van der Waals surface area contributed by atoms with Crippen molar-refractivity contribution in [1.82, 2.24) is 9.97 Å². The van der Waals surface area contributed by atoms with Crippen molar-refractivity contribution in [2.24, 2.45) is 5.92 Å². The molecule has 1 aliphatic carbocycles. The zero-order valence-corrected chi connectivity index (χ0v) is 11.2. The highest BCUT2D eigenvalue weighted by Gasteiger charge is 2.17. The van der Waals surface area contributed by atoms with Crippen LogP contribution in [0.25, 0.3) is 11.0 Å². The smallest absolute Gasteiger partial charge is 0.338 e. The van der Waals surface area contributed by atoms with Crippen LogP contribution in [0.1, 0.15) is 48.3 Å². The number of hydrogen-bond acceptors (Lipinski definition) is 2. The predicted molar refractivity (Wildman–Crippen MR) is 73.3 cm³/mol. The number of fused-ring (bicyclic) bond motifs is 1. The second kappa shape index (κ2) is 5.23. The fourth-order valence-electron chi connectivity index (χ4n) is 3.05. The molecule has 0 atom stereocenters. The van der Waals surface area contributed by atoms with Gasteiger partial charge in [0.1, 0.15) is 17.2 Å². The molecule has 4 nitrogen and oxygen atoms in total. The lowest BCUT2D eigenvalue weighted by molar-refractivity contribution is 0.0698. The topological polar surface area (TPSA) is 66.0 Å². The zero-order valence-electron chi connectivity index (χ0n) is 11.2. The number of halogens is 1. The van der Waals surface area contributed by atoms with Gasteiger partial charge in [-0.3, -0.25) is 0 Å². The molecule has 5 heteroatoms. The standard InChI is InChI=1S/C15H17FN2O2/c16-10-7-11(15(19)20)14-12(8-10)17-13(18-14)6-5-9-3-1-2-4-9/h7-9H,1-6H2,(H,17,18)(H,19,20). The number of benzene rings is 1. The first kappa shape index (κ1) is 13.1. The third-order valence-electron chi connectivity index (χ3n) is 4.09. The molecule has 1 aromatic heterocycles. The van der Waals surface area contributed by atoms with Gasteiger partial charge in [0.25, 0.3) is 0 Å². The molecule has 0 bridgehead atoms. The normalized spacial score (nSPS) is 16.1. The number of nitrogens with zero attached hydrogens (tertiary/aromatic N) is 1. The molecule has 0 amide bonds. The minimum Gasteiger partial charge on any atom is -0.478 e. The molecule has 0 aliphatic heterocycles. The van der Waals surface area contributed by atoms with Gasteiger partial charge in [0, 0.05) is 6.42 Å². The number of aromatic amines is 1. The number of carboxylic acids is 1. The first-order valence-electron chi connectivity index (χ1n) is 7.05. The van der Waals surface area contributed by atoms with Crippen LogP contribution in [0.3, 0.4) is 0 Å². The van der Waals surface area contributed by atoms with Crippen LogP contribution in [-0.2, 0) is 6.42 Å². The fraction of sp³-hybridized carbons (Fsp3) is 0.467. The SMILES string of the molecule is O=C(O)c1cc(F)cc2[nH]c(CCC3CCCC3)nc12. The van der Waals surface area contributed by atoms with E-state index in [1.807, 2.05) is 0 Å². The van der Waals surface area contributed by atoms with Crippen molar-refractivity contribution < 1.29 is 14.3 Å². The molecule has 1 fully saturated rings. The van der Waals surface area contributed by atoms with Crippen molar-refractivity contribution in [2.45, 2.75) is 38.5 Å². The summed E-state index contributed by atoms with van der Waals surface area (Å²) in [4.78, 5) is 18.5. The van der Waals surface area contributed by atoms with E-state index in [0.29, 0.717) is 11.0 Å². The quantitative estimate of drug-likeness (QED) is 0.897. The molecule has 1 aromatic carbocycles. The predicted octanol–water partition coefficient (Wildman–Crippen LogP) is 3.52. The Bertz CT molecular complexity index is 645. The van der Waals surface area contributed by atoms with Gasteiger partial charge in [-0.1, -0.05) is 25.7 Å². The Labute approximate surface area is 116 Å². The lowest BCUT2D eigenvalue weighted by Gasteiger charge is -2.05. The highest BCUT2D eigenvalue weighted by molar-refractivity contribution is 6.00. The molecule has 20 heavy (non-hydrogen) atoms. The van der Waals surface area contributed by atoms with E-state index in [-0.39, 0.29) is 5.56 Å². The first-order valence-corrected chi connectivity index (χ1v) is 7.05. The average Bonchev–Trinajstić information content (AvgIpc) is 3.03. The summed E-state index contributed by atoms with van der Waals surface area (Å²) in [7, 11) is 0. The summed E-state index contributed by atoms with van der Waals surface area (Å²) < 4.78 is 13.4. The lowest BCUT2D eigenvalue weighted by Crippen LogP contribution is -1.99. The van der Waals surface area contributed by atoms with Crippen LogP contribution in [0, 0.1) is 11.7 Å². The van der Waals surface area contributed by atoms with Gasteiger partial charge in [-0.15, -0.1) is 0 Å². The Morgan fingerprint density at radius 2 is 2.15 bits per heavy atom. The van der Waals surface area contributed by atoms with Gasteiger partial charge >= 0.3 is 5.97 Å². The number of H-pyrrole nitrogens is 1. The molecule has 0 radical (unpaired) electrons. The number of aromatic nitrogens is 2. The largest absolute Gasteiger partial charge is 0.478 e. The molecule has 106 valence electrons. The Kier molecular flexibility index (Phi) is 3.42. The summed E-state index contributed by atoms with van der Waals surface area (Å²) >= 11 is 0. The highest BCUT2D eigenvalue weighted by atomic mass is 19.1. The Morgan fingerprint density at radius 1 is 1.40 bits per heavy atom. The number of aryl methyl sites for hydroxylation is 1. The molecule has 2 aromatic rings. The summed E-state index contributed by atoms with van der Waals surface area (Å²) in [5.41, 5.74) is 0.729. The third-order valence-corrected chi connectivity index (χ3v) is 4.09. The van der Waals surface area contributed by atoms with Crippen molar-refractivity contribution in [2.75, 3.05) is 0 Å². The highest BCUT2D eigenvalue weighted by Crippen LogP contribution is 2.29. The third kappa shape index (κ3) is 2.53. The van der Waals surface area contributed by atoms with E-state index >= 15 is 0 Å². The van der Waals surface area contributed by atoms with Crippen LogP contribution >= 0.6 is 0 Å². The number of carbonyl (C=O) groups is 1. The van der Waals surface area contributed by atoms with Crippen LogP contribution < -0.4 is 0 Å². The van der Waals surface area contributed by atoms with Gasteiger partial charge in [-0.05, 0) is 24.5 Å². The second-order valence-electron chi connectivity index (χ2n) is 5.53. The van der Waals surface area contributed by atoms with Gasteiger partial charge < -0.3 is 10.1 Å². The zero-order chi connectivity index (χ0) is 14.1.